The van der Waals surface area contributed by atoms with Crippen LogP contribution in [0.2, 0.25) is 5.02 Å². The molecule has 1 aliphatic carbocycles. The lowest BCUT2D eigenvalue weighted by molar-refractivity contribution is 0.0973. The van der Waals surface area contributed by atoms with Crippen LogP contribution in [0.1, 0.15) is 61.4 Å². The van der Waals surface area contributed by atoms with Gasteiger partial charge in [-0.2, -0.15) is 0 Å². The van der Waals surface area contributed by atoms with Crippen molar-refractivity contribution in [1.82, 2.24) is 0 Å². The number of fused-ring (bicyclic) bond motifs is 1. The molecule has 1 aliphatic rings. The Hall–Kier alpha value is -2.49. The molecule has 3 aromatic carbocycles. The zero-order valence-corrected chi connectivity index (χ0v) is 18.8. The van der Waals surface area contributed by atoms with E-state index in [1.165, 1.54) is 16.3 Å². The minimum atomic E-state index is -0.335. The molecule has 0 amide bonds. The van der Waals surface area contributed by atoms with Gasteiger partial charge in [0.25, 0.3) is 0 Å². The molecule has 0 aromatic heterocycles. The lowest BCUT2D eigenvalue weighted by atomic mass is 9.86. The Bertz CT molecular complexity index is 1130. The summed E-state index contributed by atoms with van der Waals surface area (Å²) in [6.07, 6.45) is 2.51. The number of aliphatic imine (C=N–C) groups is 1. The minimum Gasteiger partial charge on any atom is -0.392 e. The molecule has 3 nitrogen and oxygen atoms in total. The Morgan fingerprint density at radius 2 is 1.94 bits per heavy atom. The number of hydrogen-bond donors (Lipinski definition) is 1. The average molecular weight is 434 g/mol. The van der Waals surface area contributed by atoms with Gasteiger partial charge in [0.1, 0.15) is 0 Å². The highest BCUT2D eigenvalue weighted by Gasteiger charge is 2.27. The summed E-state index contributed by atoms with van der Waals surface area (Å²) in [7, 11) is 0. The van der Waals surface area contributed by atoms with Crippen molar-refractivity contribution in [2.75, 3.05) is 0 Å². The van der Waals surface area contributed by atoms with Gasteiger partial charge in [0.2, 0.25) is 0 Å². The Balaban J connectivity index is 1.55. The van der Waals surface area contributed by atoms with E-state index >= 15 is 0 Å². The van der Waals surface area contributed by atoms with Crippen molar-refractivity contribution in [2.45, 2.75) is 51.6 Å². The van der Waals surface area contributed by atoms with Crippen LogP contribution in [-0.4, -0.2) is 22.7 Å². The molecule has 0 bridgehead atoms. The van der Waals surface area contributed by atoms with Gasteiger partial charge in [0, 0.05) is 23.6 Å². The fourth-order valence-corrected chi connectivity index (χ4v) is 4.72. The highest BCUT2D eigenvalue weighted by atomic mass is 35.5. The quantitative estimate of drug-likeness (QED) is 0.420. The standard InChI is InChI=1S/C27H28ClNO2/c1-3-18(21-10-6-8-19-7-4-5-9-22(19)21)16-27(31)20-11-12-25(23(28)15-20)29-24-13-14-26(30)17(24)2/h4-12,15,17-18,26,30H,3,13-14,16H2,1-2H3. The van der Waals surface area contributed by atoms with E-state index < -0.39 is 0 Å². The highest BCUT2D eigenvalue weighted by molar-refractivity contribution is 6.33. The number of ketones is 1. The summed E-state index contributed by atoms with van der Waals surface area (Å²) in [4.78, 5) is 17.8. The van der Waals surface area contributed by atoms with E-state index in [1.807, 2.05) is 31.2 Å². The van der Waals surface area contributed by atoms with Gasteiger partial charge in [0.05, 0.1) is 16.8 Å². The van der Waals surface area contributed by atoms with Crippen LogP contribution in [0.5, 0.6) is 0 Å². The second-order valence-electron chi connectivity index (χ2n) is 8.46. The molecule has 3 atom stereocenters. The molecule has 0 heterocycles. The number of hydrogen-bond acceptors (Lipinski definition) is 3. The van der Waals surface area contributed by atoms with Crippen molar-refractivity contribution in [3.63, 3.8) is 0 Å². The molecule has 0 aliphatic heterocycles. The van der Waals surface area contributed by atoms with Crippen molar-refractivity contribution in [1.29, 1.82) is 0 Å². The molecule has 1 N–H and O–H groups in total. The first-order valence-electron chi connectivity index (χ1n) is 11.0. The van der Waals surface area contributed by atoms with E-state index in [2.05, 4.69) is 42.2 Å². The van der Waals surface area contributed by atoms with E-state index in [9.17, 15) is 9.90 Å². The second-order valence-corrected chi connectivity index (χ2v) is 8.87. The summed E-state index contributed by atoms with van der Waals surface area (Å²) in [6, 6.07) is 20.0. The van der Waals surface area contributed by atoms with Crippen LogP contribution < -0.4 is 0 Å². The summed E-state index contributed by atoms with van der Waals surface area (Å²) in [5.74, 6) is 0.284. The van der Waals surface area contributed by atoms with Crippen LogP contribution >= 0.6 is 11.6 Å². The van der Waals surface area contributed by atoms with Gasteiger partial charge in [-0.3, -0.25) is 9.79 Å². The summed E-state index contributed by atoms with van der Waals surface area (Å²) in [5.41, 5.74) is 3.47. The SMILES string of the molecule is CCC(CC(=O)c1ccc(N=C2CCC(O)C2C)c(Cl)c1)c1cccc2ccccc12. The zero-order chi connectivity index (χ0) is 22.0. The summed E-state index contributed by atoms with van der Waals surface area (Å²) >= 11 is 6.48. The lowest BCUT2D eigenvalue weighted by Gasteiger charge is -2.17. The molecule has 1 saturated carbocycles. The Morgan fingerprint density at radius 3 is 2.65 bits per heavy atom. The minimum absolute atomic E-state index is 0.0448. The molecule has 0 radical (unpaired) electrons. The summed E-state index contributed by atoms with van der Waals surface area (Å²) in [5, 5.41) is 12.8. The van der Waals surface area contributed by atoms with Gasteiger partial charge in [-0.05, 0) is 59.7 Å². The van der Waals surface area contributed by atoms with Gasteiger partial charge in [-0.15, -0.1) is 0 Å². The number of benzene rings is 3. The smallest absolute Gasteiger partial charge is 0.163 e. The summed E-state index contributed by atoms with van der Waals surface area (Å²) in [6.45, 7) is 4.11. The second kappa shape index (κ2) is 9.33. The average Bonchev–Trinajstić information content (AvgIpc) is 3.10. The first kappa shape index (κ1) is 21.7. The van der Waals surface area contributed by atoms with Crippen molar-refractivity contribution in [3.05, 3.63) is 76.8 Å². The first-order valence-corrected chi connectivity index (χ1v) is 11.4. The highest BCUT2D eigenvalue weighted by Crippen LogP contribution is 2.34. The lowest BCUT2D eigenvalue weighted by Crippen LogP contribution is -2.14. The fraction of sp³-hybridized carbons (Fsp3) is 0.333. The van der Waals surface area contributed by atoms with Crippen LogP contribution in [0.3, 0.4) is 0 Å². The molecule has 160 valence electrons. The topological polar surface area (TPSA) is 49.7 Å². The van der Waals surface area contributed by atoms with Crippen LogP contribution in [0.4, 0.5) is 5.69 Å². The number of aliphatic hydroxyl groups excluding tert-OH is 1. The predicted molar refractivity (Wildman–Crippen MR) is 129 cm³/mol. The molecule has 0 saturated heterocycles. The van der Waals surface area contributed by atoms with E-state index in [4.69, 9.17) is 11.6 Å². The summed E-state index contributed by atoms with van der Waals surface area (Å²) < 4.78 is 0. The van der Waals surface area contributed by atoms with Gasteiger partial charge in [-0.1, -0.05) is 67.9 Å². The van der Waals surface area contributed by atoms with Crippen LogP contribution in [0.25, 0.3) is 10.8 Å². The molecular formula is C27H28ClNO2. The number of halogens is 1. The number of Topliss-reactive ketones (excluding diaryl/α,β-unsaturated/α-hetero) is 1. The number of nitrogens with zero attached hydrogens (tertiary/aromatic N) is 1. The van der Waals surface area contributed by atoms with Gasteiger partial charge in [0.15, 0.2) is 5.78 Å². The Morgan fingerprint density at radius 1 is 1.16 bits per heavy atom. The van der Waals surface area contributed by atoms with Gasteiger partial charge in [-0.25, -0.2) is 0 Å². The number of rotatable bonds is 6. The zero-order valence-electron chi connectivity index (χ0n) is 18.0. The monoisotopic (exact) mass is 433 g/mol. The molecule has 0 spiro atoms. The first-order chi connectivity index (χ1) is 15.0. The Labute approximate surface area is 188 Å². The van der Waals surface area contributed by atoms with Crippen molar-refractivity contribution in [2.24, 2.45) is 10.9 Å². The maximum atomic E-state index is 13.1. The number of aliphatic hydroxyl groups is 1. The van der Waals surface area contributed by atoms with Crippen molar-refractivity contribution in [3.8, 4) is 0 Å². The largest absolute Gasteiger partial charge is 0.392 e. The normalized spacial score (nSPS) is 21.0. The molecular weight excluding hydrogens is 406 g/mol. The van der Waals surface area contributed by atoms with Crippen molar-refractivity contribution >= 4 is 39.6 Å². The van der Waals surface area contributed by atoms with Gasteiger partial charge < -0.3 is 5.11 Å². The third-order valence-electron chi connectivity index (χ3n) is 6.52. The fourth-order valence-electron chi connectivity index (χ4n) is 4.50. The van der Waals surface area contributed by atoms with Gasteiger partial charge >= 0.3 is 0 Å². The van der Waals surface area contributed by atoms with E-state index in [0.29, 0.717) is 22.7 Å². The molecule has 4 rings (SSSR count). The molecule has 4 heteroatoms. The van der Waals surface area contributed by atoms with E-state index in [1.54, 1.807) is 6.07 Å². The molecule has 1 fully saturated rings. The molecule has 31 heavy (non-hydrogen) atoms. The third-order valence-corrected chi connectivity index (χ3v) is 6.82. The maximum Gasteiger partial charge on any atom is 0.163 e. The maximum absolute atomic E-state index is 13.1. The molecule has 3 aromatic rings. The number of carbonyl (C=O) groups excluding carboxylic acids is 1. The van der Waals surface area contributed by atoms with Crippen LogP contribution in [0, 0.1) is 5.92 Å². The van der Waals surface area contributed by atoms with E-state index in [-0.39, 0.29) is 23.7 Å². The third kappa shape index (κ3) is 4.58. The van der Waals surface area contributed by atoms with Crippen LogP contribution in [0.15, 0.2) is 65.7 Å². The number of carbonyl (C=O) groups is 1. The predicted octanol–water partition coefficient (Wildman–Crippen LogP) is 7.12. The molecule has 3 unspecified atom stereocenters. The Kier molecular flexibility index (Phi) is 6.54. The van der Waals surface area contributed by atoms with E-state index in [0.717, 1.165) is 25.0 Å². The van der Waals surface area contributed by atoms with Crippen molar-refractivity contribution < 1.29 is 9.90 Å². The van der Waals surface area contributed by atoms with Crippen LogP contribution in [-0.2, 0) is 0 Å².